The number of ether oxygens (including phenoxy) is 1. The van der Waals surface area contributed by atoms with Crippen molar-refractivity contribution in [2.75, 3.05) is 30.4 Å². The maximum atomic E-state index is 12.5. The monoisotopic (exact) mass is 326 g/mol. The van der Waals surface area contributed by atoms with Gasteiger partial charge in [-0.3, -0.25) is 4.79 Å². The normalized spacial score (nSPS) is 10.1. The van der Waals surface area contributed by atoms with Crippen molar-refractivity contribution in [2.24, 2.45) is 0 Å². The van der Waals surface area contributed by atoms with Crippen molar-refractivity contribution in [3.63, 3.8) is 0 Å². The molecule has 0 radical (unpaired) electrons. The molecule has 1 amide bonds. The summed E-state index contributed by atoms with van der Waals surface area (Å²) in [5.74, 6) is -0.438. The molecule has 0 aliphatic rings. The number of nitrogens with one attached hydrogen (secondary N) is 1. The van der Waals surface area contributed by atoms with Crippen LogP contribution in [0.15, 0.2) is 48.5 Å². The van der Waals surface area contributed by atoms with Crippen LogP contribution in [0, 0.1) is 6.92 Å². The van der Waals surface area contributed by atoms with E-state index >= 15 is 0 Å². The molecule has 2 aromatic carbocycles. The largest absolute Gasteiger partial charge is 0.465 e. The fraction of sp³-hybridized carbons (Fsp3) is 0.263. The number of amides is 1. The minimum Gasteiger partial charge on any atom is -0.465 e. The Labute approximate surface area is 142 Å². The maximum absolute atomic E-state index is 12.5. The highest BCUT2D eigenvalue weighted by atomic mass is 16.5. The van der Waals surface area contributed by atoms with Crippen LogP contribution in [-0.4, -0.2) is 32.1 Å². The van der Waals surface area contributed by atoms with Gasteiger partial charge in [-0.1, -0.05) is 18.2 Å². The number of carbonyl (C=O) groups excluding carboxylic acids is 2. The van der Waals surface area contributed by atoms with Gasteiger partial charge in [0.05, 0.1) is 19.2 Å². The Morgan fingerprint density at radius 1 is 1.12 bits per heavy atom. The molecule has 0 saturated carbocycles. The lowest BCUT2D eigenvalue weighted by molar-refractivity contribution is -0.116. The molecular weight excluding hydrogens is 304 g/mol. The van der Waals surface area contributed by atoms with E-state index in [2.05, 4.69) is 5.32 Å². The molecule has 5 heteroatoms. The van der Waals surface area contributed by atoms with Gasteiger partial charge in [-0.25, -0.2) is 4.79 Å². The van der Waals surface area contributed by atoms with Gasteiger partial charge in [0.15, 0.2) is 0 Å². The lowest BCUT2D eigenvalue weighted by Gasteiger charge is -2.22. The predicted octanol–water partition coefficient (Wildman–Crippen LogP) is 3.25. The number of likely N-dealkylation sites (N-methyl/N-ethyl adjacent to an activating group) is 1. The van der Waals surface area contributed by atoms with E-state index in [1.54, 1.807) is 23.1 Å². The fourth-order valence-corrected chi connectivity index (χ4v) is 2.45. The highest BCUT2D eigenvalue weighted by Gasteiger charge is 2.14. The van der Waals surface area contributed by atoms with Crippen LogP contribution in [0.25, 0.3) is 0 Å². The first-order chi connectivity index (χ1) is 11.5. The molecule has 0 aromatic heterocycles. The first-order valence-electron chi connectivity index (χ1n) is 7.84. The quantitative estimate of drug-likeness (QED) is 0.828. The zero-order valence-electron chi connectivity index (χ0n) is 14.2. The molecule has 0 aliphatic carbocycles. The van der Waals surface area contributed by atoms with E-state index in [1.807, 2.05) is 44.2 Å². The third-order valence-electron chi connectivity index (χ3n) is 3.66. The molecule has 5 nitrogen and oxygen atoms in total. The SMILES string of the molecule is CCN(C(=O)CNc1cccc(C(=O)OC)c1)c1cccc(C)c1. The van der Waals surface area contributed by atoms with Crippen molar-refractivity contribution in [2.45, 2.75) is 13.8 Å². The summed E-state index contributed by atoms with van der Waals surface area (Å²) in [6.45, 7) is 4.68. The van der Waals surface area contributed by atoms with Gasteiger partial charge in [0, 0.05) is 17.9 Å². The van der Waals surface area contributed by atoms with Crippen LogP contribution in [0.5, 0.6) is 0 Å². The third-order valence-corrected chi connectivity index (χ3v) is 3.66. The second kappa shape index (κ2) is 8.15. The van der Waals surface area contributed by atoms with Gasteiger partial charge in [-0.15, -0.1) is 0 Å². The Bertz CT molecular complexity index is 728. The Morgan fingerprint density at radius 2 is 1.88 bits per heavy atom. The molecule has 0 saturated heterocycles. The highest BCUT2D eigenvalue weighted by Crippen LogP contribution is 2.16. The number of nitrogens with zero attached hydrogens (tertiary/aromatic N) is 1. The molecule has 0 heterocycles. The number of esters is 1. The van der Waals surface area contributed by atoms with Gasteiger partial charge in [0.1, 0.15) is 0 Å². The summed E-state index contributed by atoms with van der Waals surface area (Å²) in [6.07, 6.45) is 0. The van der Waals surface area contributed by atoms with Gasteiger partial charge in [-0.2, -0.15) is 0 Å². The van der Waals surface area contributed by atoms with E-state index in [4.69, 9.17) is 4.74 Å². The molecular formula is C19H22N2O3. The lowest BCUT2D eigenvalue weighted by atomic mass is 10.2. The number of carbonyl (C=O) groups is 2. The van der Waals surface area contributed by atoms with Crippen LogP contribution < -0.4 is 10.2 Å². The number of hydrogen-bond acceptors (Lipinski definition) is 4. The van der Waals surface area contributed by atoms with E-state index in [9.17, 15) is 9.59 Å². The molecule has 0 aliphatic heterocycles. The smallest absolute Gasteiger partial charge is 0.337 e. The van der Waals surface area contributed by atoms with E-state index in [0.717, 1.165) is 11.3 Å². The molecule has 0 atom stereocenters. The van der Waals surface area contributed by atoms with Crippen LogP contribution in [0.3, 0.4) is 0 Å². The Morgan fingerprint density at radius 3 is 2.54 bits per heavy atom. The Kier molecular flexibility index (Phi) is 5.95. The maximum Gasteiger partial charge on any atom is 0.337 e. The molecule has 2 aromatic rings. The van der Waals surface area contributed by atoms with Gasteiger partial charge < -0.3 is 15.0 Å². The van der Waals surface area contributed by atoms with E-state index < -0.39 is 5.97 Å². The Balaban J connectivity index is 2.05. The lowest BCUT2D eigenvalue weighted by Crippen LogP contribution is -2.35. The molecule has 2 rings (SSSR count). The molecule has 24 heavy (non-hydrogen) atoms. The molecule has 0 fully saturated rings. The van der Waals surface area contributed by atoms with Gasteiger partial charge in [0.25, 0.3) is 0 Å². The van der Waals surface area contributed by atoms with Crippen LogP contribution in [0.2, 0.25) is 0 Å². The molecule has 0 bridgehead atoms. The standard InChI is InChI=1S/C19H22N2O3/c1-4-21(17-10-5-7-14(2)11-17)18(22)13-20-16-9-6-8-15(12-16)19(23)24-3/h5-12,20H,4,13H2,1-3H3. The average Bonchev–Trinajstić information content (AvgIpc) is 2.60. The summed E-state index contributed by atoms with van der Waals surface area (Å²) in [5, 5.41) is 3.06. The topological polar surface area (TPSA) is 58.6 Å². The summed E-state index contributed by atoms with van der Waals surface area (Å²) in [5.41, 5.74) is 3.14. The molecule has 1 N–H and O–H groups in total. The van der Waals surface area contributed by atoms with E-state index in [1.165, 1.54) is 7.11 Å². The highest BCUT2D eigenvalue weighted by molar-refractivity contribution is 5.96. The second-order valence-electron chi connectivity index (χ2n) is 5.40. The fourth-order valence-electron chi connectivity index (χ4n) is 2.45. The van der Waals surface area contributed by atoms with Gasteiger partial charge >= 0.3 is 5.97 Å². The average molecular weight is 326 g/mol. The molecule has 0 spiro atoms. The zero-order chi connectivity index (χ0) is 17.5. The minimum atomic E-state index is -0.403. The van der Waals surface area contributed by atoms with Crippen LogP contribution in [0.1, 0.15) is 22.8 Å². The summed E-state index contributed by atoms with van der Waals surface area (Å²) in [4.78, 5) is 25.8. The Hall–Kier alpha value is -2.82. The van der Waals surface area contributed by atoms with Gasteiger partial charge in [-0.05, 0) is 49.7 Å². The van der Waals surface area contributed by atoms with E-state index in [-0.39, 0.29) is 12.5 Å². The molecule has 0 unspecified atom stereocenters. The van der Waals surface area contributed by atoms with Crippen molar-refractivity contribution in [3.05, 3.63) is 59.7 Å². The first kappa shape index (κ1) is 17.5. The van der Waals surface area contributed by atoms with Crippen LogP contribution >= 0.6 is 0 Å². The number of anilines is 2. The second-order valence-corrected chi connectivity index (χ2v) is 5.40. The van der Waals surface area contributed by atoms with E-state index in [0.29, 0.717) is 17.8 Å². The van der Waals surface area contributed by atoms with Crippen molar-refractivity contribution in [1.29, 1.82) is 0 Å². The van der Waals surface area contributed by atoms with Crippen molar-refractivity contribution in [1.82, 2.24) is 0 Å². The zero-order valence-corrected chi connectivity index (χ0v) is 14.2. The van der Waals surface area contributed by atoms with Crippen molar-refractivity contribution < 1.29 is 14.3 Å². The van der Waals surface area contributed by atoms with Crippen molar-refractivity contribution >= 4 is 23.3 Å². The summed E-state index contributed by atoms with van der Waals surface area (Å²) in [6, 6.07) is 14.7. The number of methoxy groups -OCH3 is 1. The predicted molar refractivity (Wildman–Crippen MR) is 95.5 cm³/mol. The number of aryl methyl sites for hydroxylation is 1. The summed E-state index contributed by atoms with van der Waals surface area (Å²) >= 11 is 0. The number of rotatable bonds is 6. The first-order valence-corrected chi connectivity index (χ1v) is 7.84. The number of hydrogen-bond donors (Lipinski definition) is 1. The van der Waals surface area contributed by atoms with Gasteiger partial charge in [0.2, 0.25) is 5.91 Å². The molecule has 126 valence electrons. The minimum absolute atomic E-state index is 0.0356. The summed E-state index contributed by atoms with van der Waals surface area (Å²) in [7, 11) is 1.34. The van der Waals surface area contributed by atoms with Crippen LogP contribution in [0.4, 0.5) is 11.4 Å². The van der Waals surface area contributed by atoms with Crippen molar-refractivity contribution in [3.8, 4) is 0 Å². The van der Waals surface area contributed by atoms with Crippen LogP contribution in [-0.2, 0) is 9.53 Å². The summed E-state index contributed by atoms with van der Waals surface area (Å²) < 4.78 is 4.70. The number of benzene rings is 2. The third kappa shape index (κ3) is 4.35.